The lowest BCUT2D eigenvalue weighted by Crippen LogP contribution is -2.45. The Kier molecular flexibility index (Phi) is 4.16. The van der Waals surface area contributed by atoms with E-state index in [-0.39, 0.29) is 15.3 Å². The normalized spacial score (nSPS) is 16.4. The summed E-state index contributed by atoms with van der Waals surface area (Å²) in [6.45, 7) is 1.40. The molecule has 1 saturated carbocycles. The number of carbonyl (C=O) groups excluding carboxylic acids is 1. The van der Waals surface area contributed by atoms with Gasteiger partial charge in [-0.25, -0.2) is 8.42 Å². The van der Waals surface area contributed by atoms with Gasteiger partial charge in [-0.2, -0.15) is 4.72 Å². The molecule has 0 aliphatic heterocycles. The fourth-order valence-corrected chi connectivity index (χ4v) is 3.98. The number of sulfonamides is 1. The lowest BCUT2D eigenvalue weighted by atomic mass is 10.3. The fourth-order valence-electron chi connectivity index (χ4n) is 1.55. The molecule has 1 amide bonds. The third kappa shape index (κ3) is 3.68. The van der Waals surface area contributed by atoms with E-state index in [4.69, 9.17) is 5.73 Å². The van der Waals surface area contributed by atoms with Crippen molar-refractivity contribution in [1.29, 1.82) is 0 Å². The highest BCUT2D eigenvalue weighted by Crippen LogP contribution is 2.34. The first-order valence-corrected chi connectivity index (χ1v) is 8.37. The second-order valence-corrected chi connectivity index (χ2v) is 7.72. The quantitative estimate of drug-likeness (QED) is 0.500. The van der Waals surface area contributed by atoms with E-state index in [1.54, 1.807) is 0 Å². The van der Waals surface area contributed by atoms with E-state index >= 15 is 0 Å². The molecule has 0 radical (unpaired) electrons. The van der Waals surface area contributed by atoms with Gasteiger partial charge in [0.1, 0.15) is 4.21 Å². The number of carbonyl (C=O) groups is 1. The van der Waals surface area contributed by atoms with Crippen LogP contribution in [0, 0.1) is 10.1 Å². The Morgan fingerprint density at radius 3 is 2.67 bits per heavy atom. The molecule has 0 saturated heterocycles. The number of thiophene rings is 1. The molecule has 2 rings (SSSR count). The highest BCUT2D eigenvalue weighted by Gasteiger charge is 2.30. The molecule has 0 bridgehead atoms. The molecule has 1 atom stereocenters. The largest absolute Gasteiger partial charge is 0.385 e. The zero-order chi connectivity index (χ0) is 15.8. The number of nitrogen functional groups attached to an aromatic ring is 1. The molecule has 1 aliphatic rings. The summed E-state index contributed by atoms with van der Waals surface area (Å²) in [5.74, 6) is -0.430. The van der Waals surface area contributed by atoms with Crippen LogP contribution in [0.5, 0.6) is 0 Å². The van der Waals surface area contributed by atoms with Gasteiger partial charge in [0.15, 0.2) is 5.00 Å². The number of nitrogens with two attached hydrogens (primary N) is 1. The highest BCUT2D eigenvalue weighted by atomic mass is 32.2. The van der Waals surface area contributed by atoms with Crippen LogP contribution in [0.4, 0.5) is 10.7 Å². The Balaban J connectivity index is 2.11. The van der Waals surface area contributed by atoms with Gasteiger partial charge in [0.25, 0.3) is 10.0 Å². The first-order chi connectivity index (χ1) is 9.70. The van der Waals surface area contributed by atoms with Gasteiger partial charge in [-0.3, -0.25) is 14.9 Å². The molecule has 1 aliphatic carbocycles. The van der Waals surface area contributed by atoms with Crippen molar-refractivity contribution >= 4 is 38.0 Å². The standard InChI is InChI=1S/C10H14N4O5S2/c1-5(10(15)12-6-2-3-6)13-21(18,19)8-4-7(14(16)17)9(11)20-8/h4-6,13H,2-3,11H2,1H3,(H,12,15). The van der Waals surface area contributed by atoms with E-state index in [0.717, 1.165) is 18.9 Å². The van der Waals surface area contributed by atoms with Crippen molar-refractivity contribution in [1.82, 2.24) is 10.0 Å². The molecule has 1 unspecified atom stereocenters. The van der Waals surface area contributed by atoms with Crippen LogP contribution in [0.3, 0.4) is 0 Å². The molecule has 4 N–H and O–H groups in total. The van der Waals surface area contributed by atoms with Crippen LogP contribution in [0.25, 0.3) is 0 Å². The second-order valence-electron chi connectivity index (χ2n) is 4.70. The maximum absolute atomic E-state index is 12.1. The maximum atomic E-state index is 12.1. The van der Waals surface area contributed by atoms with Crippen LogP contribution in [-0.4, -0.2) is 31.3 Å². The zero-order valence-corrected chi connectivity index (χ0v) is 12.7. The van der Waals surface area contributed by atoms with Crippen molar-refractivity contribution in [2.45, 2.75) is 36.1 Å². The Hall–Kier alpha value is -1.72. The van der Waals surface area contributed by atoms with Gasteiger partial charge in [-0.1, -0.05) is 11.3 Å². The number of anilines is 1. The molecule has 21 heavy (non-hydrogen) atoms. The summed E-state index contributed by atoms with van der Waals surface area (Å²) in [4.78, 5) is 21.6. The van der Waals surface area contributed by atoms with E-state index in [9.17, 15) is 23.3 Å². The van der Waals surface area contributed by atoms with Gasteiger partial charge < -0.3 is 11.1 Å². The summed E-state index contributed by atoms with van der Waals surface area (Å²) in [5.41, 5.74) is 4.95. The van der Waals surface area contributed by atoms with Crippen molar-refractivity contribution in [2.75, 3.05) is 5.73 Å². The Labute approximate surface area is 124 Å². The number of hydrogen-bond acceptors (Lipinski definition) is 7. The van der Waals surface area contributed by atoms with E-state index in [2.05, 4.69) is 10.0 Å². The van der Waals surface area contributed by atoms with Crippen molar-refractivity contribution in [2.24, 2.45) is 0 Å². The van der Waals surface area contributed by atoms with Crippen molar-refractivity contribution in [3.63, 3.8) is 0 Å². The average molecular weight is 334 g/mol. The van der Waals surface area contributed by atoms with Gasteiger partial charge in [0.05, 0.1) is 11.0 Å². The lowest BCUT2D eigenvalue weighted by Gasteiger charge is -2.13. The average Bonchev–Trinajstić information content (AvgIpc) is 3.07. The lowest BCUT2D eigenvalue weighted by molar-refractivity contribution is -0.383. The van der Waals surface area contributed by atoms with Crippen LogP contribution >= 0.6 is 11.3 Å². The maximum Gasteiger partial charge on any atom is 0.304 e. The number of rotatable bonds is 6. The molecular formula is C10H14N4O5S2. The van der Waals surface area contributed by atoms with Crippen molar-refractivity contribution in [3.05, 3.63) is 16.2 Å². The van der Waals surface area contributed by atoms with Gasteiger partial charge in [0.2, 0.25) is 5.91 Å². The SMILES string of the molecule is CC(NS(=O)(=O)c1cc([N+](=O)[O-])c(N)s1)C(=O)NC1CC1. The molecule has 1 aromatic heterocycles. The summed E-state index contributed by atoms with van der Waals surface area (Å²) in [5, 5.41) is 13.1. The van der Waals surface area contributed by atoms with Gasteiger partial charge in [0, 0.05) is 12.1 Å². The molecule has 0 aromatic carbocycles. The number of hydrogen-bond donors (Lipinski definition) is 3. The van der Waals surface area contributed by atoms with Crippen LogP contribution < -0.4 is 15.8 Å². The number of nitrogens with one attached hydrogen (secondary N) is 2. The molecule has 1 aromatic rings. The summed E-state index contributed by atoms with van der Waals surface area (Å²) >= 11 is 0.584. The molecule has 9 nitrogen and oxygen atoms in total. The van der Waals surface area contributed by atoms with Gasteiger partial charge >= 0.3 is 5.69 Å². The minimum Gasteiger partial charge on any atom is -0.385 e. The first kappa shape index (κ1) is 15.7. The molecular weight excluding hydrogens is 320 g/mol. The third-order valence-electron chi connectivity index (χ3n) is 2.83. The molecule has 1 fully saturated rings. The molecule has 11 heteroatoms. The van der Waals surface area contributed by atoms with Crippen LogP contribution in [0.15, 0.2) is 10.3 Å². The third-order valence-corrected chi connectivity index (χ3v) is 5.80. The Morgan fingerprint density at radius 1 is 1.57 bits per heavy atom. The Morgan fingerprint density at radius 2 is 2.19 bits per heavy atom. The predicted octanol–water partition coefficient (Wildman–Crippen LogP) is 0.184. The monoisotopic (exact) mass is 334 g/mol. The Bertz CT molecular complexity index is 680. The predicted molar refractivity (Wildman–Crippen MR) is 76.3 cm³/mol. The second kappa shape index (κ2) is 5.58. The molecule has 0 spiro atoms. The number of amides is 1. The van der Waals surface area contributed by atoms with E-state index in [0.29, 0.717) is 11.3 Å². The van der Waals surface area contributed by atoms with Gasteiger partial charge in [-0.05, 0) is 19.8 Å². The summed E-state index contributed by atoms with van der Waals surface area (Å²) in [6.07, 6.45) is 1.78. The van der Waals surface area contributed by atoms with Crippen molar-refractivity contribution < 1.29 is 18.1 Å². The van der Waals surface area contributed by atoms with Crippen LogP contribution in [0.1, 0.15) is 19.8 Å². The van der Waals surface area contributed by atoms with E-state index in [1.807, 2.05) is 0 Å². The first-order valence-electron chi connectivity index (χ1n) is 6.07. The summed E-state index contributed by atoms with van der Waals surface area (Å²) < 4.78 is 26.0. The van der Waals surface area contributed by atoms with Crippen molar-refractivity contribution in [3.8, 4) is 0 Å². The smallest absolute Gasteiger partial charge is 0.304 e. The minimum absolute atomic E-state index is 0.114. The summed E-state index contributed by atoms with van der Waals surface area (Å²) in [7, 11) is -4.03. The minimum atomic E-state index is -4.03. The molecule has 116 valence electrons. The highest BCUT2D eigenvalue weighted by molar-refractivity contribution is 7.91. The number of nitrogens with zero attached hydrogens (tertiary/aromatic N) is 1. The zero-order valence-electron chi connectivity index (χ0n) is 11.0. The number of nitro groups is 1. The molecule has 1 heterocycles. The van der Waals surface area contributed by atoms with E-state index in [1.165, 1.54) is 6.92 Å². The summed E-state index contributed by atoms with van der Waals surface area (Å²) in [6, 6.07) is 0.0225. The van der Waals surface area contributed by atoms with Crippen LogP contribution in [0.2, 0.25) is 0 Å². The van der Waals surface area contributed by atoms with Gasteiger partial charge in [-0.15, -0.1) is 0 Å². The van der Waals surface area contributed by atoms with E-state index < -0.39 is 32.6 Å². The fraction of sp³-hybridized carbons (Fsp3) is 0.500. The topological polar surface area (TPSA) is 144 Å². The van der Waals surface area contributed by atoms with Crippen LogP contribution in [-0.2, 0) is 14.8 Å².